The number of carbonyl (C=O) groups excluding carboxylic acids is 1. The average molecular weight is 416 g/mol. The predicted molar refractivity (Wildman–Crippen MR) is 117 cm³/mol. The standard InChI is InChI=1S/C22H29N3O3S/c1-16(2)24(4)29(27,28)21-11-5-18(6-12-21)22(26)23-19-7-9-20(10-8-19)25-14-13-17(3)15-25/h5-12,16-17H,13-15H2,1-4H3,(H,23,26). The molecule has 0 spiro atoms. The average Bonchev–Trinajstić information content (AvgIpc) is 3.14. The number of anilines is 2. The first-order valence-electron chi connectivity index (χ1n) is 9.93. The number of amides is 1. The lowest BCUT2D eigenvalue weighted by atomic mass is 10.2. The highest BCUT2D eigenvalue weighted by Crippen LogP contribution is 2.25. The van der Waals surface area contributed by atoms with Crippen LogP contribution in [0.15, 0.2) is 53.4 Å². The molecule has 7 heteroatoms. The Kier molecular flexibility index (Phi) is 6.29. The lowest BCUT2D eigenvalue weighted by Gasteiger charge is -2.21. The molecule has 1 saturated heterocycles. The van der Waals surface area contributed by atoms with Crippen molar-refractivity contribution in [3.8, 4) is 0 Å². The van der Waals surface area contributed by atoms with Crippen LogP contribution in [-0.2, 0) is 10.0 Å². The Balaban J connectivity index is 1.67. The van der Waals surface area contributed by atoms with Gasteiger partial charge >= 0.3 is 0 Å². The monoisotopic (exact) mass is 415 g/mol. The fourth-order valence-electron chi connectivity index (χ4n) is 3.35. The van der Waals surface area contributed by atoms with E-state index in [9.17, 15) is 13.2 Å². The first-order valence-corrected chi connectivity index (χ1v) is 11.4. The van der Waals surface area contributed by atoms with Gasteiger partial charge in [-0.25, -0.2) is 8.42 Å². The third kappa shape index (κ3) is 4.79. The van der Waals surface area contributed by atoms with E-state index < -0.39 is 10.0 Å². The summed E-state index contributed by atoms with van der Waals surface area (Å²) < 4.78 is 26.4. The number of nitrogens with zero attached hydrogens (tertiary/aromatic N) is 2. The van der Waals surface area contributed by atoms with Crippen molar-refractivity contribution < 1.29 is 13.2 Å². The van der Waals surface area contributed by atoms with E-state index in [2.05, 4.69) is 17.1 Å². The minimum Gasteiger partial charge on any atom is -0.371 e. The first kappa shape index (κ1) is 21.3. The van der Waals surface area contributed by atoms with Gasteiger partial charge in [0.2, 0.25) is 10.0 Å². The Morgan fingerprint density at radius 1 is 1.10 bits per heavy atom. The SMILES string of the molecule is CC1CCN(c2ccc(NC(=O)c3ccc(S(=O)(=O)N(C)C(C)C)cc3)cc2)C1. The topological polar surface area (TPSA) is 69.7 Å². The molecule has 1 aliphatic heterocycles. The molecule has 156 valence electrons. The molecule has 29 heavy (non-hydrogen) atoms. The summed E-state index contributed by atoms with van der Waals surface area (Å²) in [4.78, 5) is 15.0. The lowest BCUT2D eigenvalue weighted by Crippen LogP contribution is -2.33. The summed E-state index contributed by atoms with van der Waals surface area (Å²) in [6, 6.07) is 13.7. The van der Waals surface area contributed by atoms with E-state index in [0.29, 0.717) is 17.2 Å². The highest BCUT2D eigenvalue weighted by Gasteiger charge is 2.23. The minimum absolute atomic E-state index is 0.144. The minimum atomic E-state index is -3.56. The van der Waals surface area contributed by atoms with Crippen LogP contribution in [0.25, 0.3) is 0 Å². The molecule has 1 heterocycles. The summed E-state index contributed by atoms with van der Waals surface area (Å²) in [5, 5.41) is 2.87. The van der Waals surface area contributed by atoms with E-state index in [0.717, 1.165) is 18.8 Å². The van der Waals surface area contributed by atoms with Crippen LogP contribution in [0.3, 0.4) is 0 Å². The molecule has 1 fully saturated rings. The second-order valence-electron chi connectivity index (χ2n) is 7.98. The van der Waals surface area contributed by atoms with Crippen LogP contribution in [0.1, 0.15) is 37.6 Å². The second kappa shape index (κ2) is 8.55. The van der Waals surface area contributed by atoms with Crippen LogP contribution in [0, 0.1) is 5.92 Å². The zero-order valence-corrected chi connectivity index (χ0v) is 18.2. The van der Waals surface area contributed by atoms with E-state index in [-0.39, 0.29) is 16.8 Å². The molecule has 6 nitrogen and oxygen atoms in total. The van der Waals surface area contributed by atoms with Crippen molar-refractivity contribution in [3.63, 3.8) is 0 Å². The fraction of sp³-hybridized carbons (Fsp3) is 0.409. The summed E-state index contributed by atoms with van der Waals surface area (Å²) in [6.07, 6.45) is 1.21. The fourth-order valence-corrected chi connectivity index (χ4v) is 4.72. The molecule has 0 saturated carbocycles. The molecule has 0 aromatic heterocycles. The number of hydrogen-bond donors (Lipinski definition) is 1. The highest BCUT2D eigenvalue weighted by atomic mass is 32.2. The molecule has 1 amide bonds. The number of rotatable bonds is 6. The molecular weight excluding hydrogens is 386 g/mol. The number of sulfonamides is 1. The van der Waals surface area contributed by atoms with Crippen LogP contribution in [0.5, 0.6) is 0 Å². The van der Waals surface area contributed by atoms with Gasteiger partial charge in [-0.3, -0.25) is 4.79 Å². The Bertz CT molecular complexity index is 954. The van der Waals surface area contributed by atoms with Crippen molar-refractivity contribution in [2.45, 2.75) is 38.1 Å². The van der Waals surface area contributed by atoms with Gasteiger partial charge in [-0.1, -0.05) is 6.92 Å². The van der Waals surface area contributed by atoms with Crippen molar-refractivity contribution in [1.82, 2.24) is 4.31 Å². The van der Waals surface area contributed by atoms with Crippen LogP contribution >= 0.6 is 0 Å². The third-order valence-electron chi connectivity index (χ3n) is 5.43. The molecule has 1 unspecified atom stereocenters. The summed E-state index contributed by atoms with van der Waals surface area (Å²) >= 11 is 0. The van der Waals surface area contributed by atoms with Gasteiger partial charge in [0.1, 0.15) is 0 Å². The maximum atomic E-state index is 12.5. The molecule has 2 aromatic rings. The Labute approximate surface area is 173 Å². The van der Waals surface area contributed by atoms with Gasteiger partial charge < -0.3 is 10.2 Å². The van der Waals surface area contributed by atoms with E-state index in [1.54, 1.807) is 7.05 Å². The van der Waals surface area contributed by atoms with Crippen molar-refractivity contribution >= 4 is 27.3 Å². The molecule has 2 aromatic carbocycles. The van der Waals surface area contributed by atoms with Crippen LogP contribution in [0.4, 0.5) is 11.4 Å². The van der Waals surface area contributed by atoms with Gasteiger partial charge in [0.05, 0.1) is 4.90 Å². The van der Waals surface area contributed by atoms with Gasteiger partial charge in [-0.15, -0.1) is 0 Å². The lowest BCUT2D eigenvalue weighted by molar-refractivity contribution is 0.102. The molecule has 1 N–H and O–H groups in total. The second-order valence-corrected chi connectivity index (χ2v) is 9.98. The van der Waals surface area contributed by atoms with Crippen LogP contribution < -0.4 is 10.2 Å². The molecule has 3 rings (SSSR count). The highest BCUT2D eigenvalue weighted by molar-refractivity contribution is 7.89. The maximum absolute atomic E-state index is 12.5. The summed E-state index contributed by atoms with van der Waals surface area (Å²) in [5.74, 6) is 0.440. The Hall–Kier alpha value is -2.38. The van der Waals surface area contributed by atoms with Crippen LogP contribution in [0.2, 0.25) is 0 Å². The van der Waals surface area contributed by atoms with Crippen molar-refractivity contribution in [1.29, 1.82) is 0 Å². The molecule has 1 atom stereocenters. The molecular formula is C22H29N3O3S. The smallest absolute Gasteiger partial charge is 0.255 e. The molecule has 0 bridgehead atoms. The van der Waals surface area contributed by atoms with E-state index in [1.807, 2.05) is 38.1 Å². The van der Waals surface area contributed by atoms with Crippen molar-refractivity contribution in [2.24, 2.45) is 5.92 Å². The number of nitrogens with one attached hydrogen (secondary N) is 1. The zero-order chi connectivity index (χ0) is 21.2. The number of hydrogen-bond acceptors (Lipinski definition) is 4. The largest absolute Gasteiger partial charge is 0.371 e. The van der Waals surface area contributed by atoms with Gasteiger partial charge in [-0.2, -0.15) is 4.31 Å². The normalized spacial score (nSPS) is 17.2. The third-order valence-corrected chi connectivity index (χ3v) is 7.48. The van der Waals surface area contributed by atoms with E-state index in [4.69, 9.17) is 0 Å². The first-order chi connectivity index (χ1) is 13.7. The Morgan fingerprint density at radius 3 is 2.24 bits per heavy atom. The quantitative estimate of drug-likeness (QED) is 0.779. The summed E-state index contributed by atoms with van der Waals surface area (Å²) in [6.45, 7) is 8.01. The van der Waals surface area contributed by atoms with Gasteiger partial charge in [0.25, 0.3) is 5.91 Å². The predicted octanol–water partition coefficient (Wildman–Crippen LogP) is 3.81. The van der Waals surface area contributed by atoms with E-state index >= 15 is 0 Å². The molecule has 0 aliphatic carbocycles. The molecule has 0 radical (unpaired) electrons. The zero-order valence-electron chi connectivity index (χ0n) is 17.4. The van der Waals surface area contributed by atoms with Crippen LogP contribution in [-0.4, -0.2) is 44.8 Å². The summed E-state index contributed by atoms with van der Waals surface area (Å²) in [5.41, 5.74) is 2.28. The van der Waals surface area contributed by atoms with Gasteiger partial charge in [-0.05, 0) is 74.7 Å². The van der Waals surface area contributed by atoms with Crippen molar-refractivity contribution in [2.75, 3.05) is 30.4 Å². The van der Waals surface area contributed by atoms with Crippen molar-refractivity contribution in [3.05, 3.63) is 54.1 Å². The summed E-state index contributed by atoms with van der Waals surface area (Å²) in [7, 11) is -2.01. The maximum Gasteiger partial charge on any atom is 0.255 e. The van der Waals surface area contributed by atoms with E-state index in [1.165, 1.54) is 35.0 Å². The number of benzene rings is 2. The number of carbonyl (C=O) groups is 1. The Morgan fingerprint density at radius 2 is 1.72 bits per heavy atom. The van der Waals surface area contributed by atoms with Gasteiger partial charge in [0.15, 0.2) is 0 Å². The molecule has 1 aliphatic rings. The van der Waals surface area contributed by atoms with Gasteiger partial charge in [0, 0.05) is 43.1 Å².